The van der Waals surface area contributed by atoms with Crippen LogP contribution >= 0.6 is 0 Å². The summed E-state index contributed by atoms with van der Waals surface area (Å²) < 4.78 is 15.3. The minimum atomic E-state index is -0.839. The Kier molecular flexibility index (Phi) is 6.44. The van der Waals surface area contributed by atoms with Crippen LogP contribution in [0.4, 0.5) is 4.39 Å². The molecule has 0 fully saturated rings. The number of amides is 1. The minimum Gasteiger partial charge on any atom is -0.345 e. The van der Waals surface area contributed by atoms with Crippen molar-refractivity contribution in [1.82, 2.24) is 24.6 Å². The first kappa shape index (κ1) is 22.8. The van der Waals surface area contributed by atoms with Crippen LogP contribution in [0.1, 0.15) is 32.9 Å². The van der Waals surface area contributed by atoms with E-state index in [1.54, 1.807) is 36.5 Å². The molecule has 0 aliphatic rings. The molecule has 0 saturated carbocycles. The van der Waals surface area contributed by atoms with Crippen molar-refractivity contribution < 1.29 is 9.18 Å². The van der Waals surface area contributed by atoms with Gasteiger partial charge in [-0.1, -0.05) is 24.3 Å². The number of hydrogen-bond acceptors (Lipinski definition) is 5. The number of halogens is 1. The van der Waals surface area contributed by atoms with E-state index in [9.17, 15) is 18.8 Å². The second kappa shape index (κ2) is 9.62. The molecule has 0 aliphatic carbocycles. The van der Waals surface area contributed by atoms with Gasteiger partial charge >= 0.3 is 5.69 Å². The van der Waals surface area contributed by atoms with E-state index < -0.39 is 28.7 Å². The zero-order chi connectivity index (χ0) is 24.2. The van der Waals surface area contributed by atoms with Gasteiger partial charge in [0.05, 0.1) is 24.5 Å². The van der Waals surface area contributed by atoms with Gasteiger partial charge in [0.25, 0.3) is 11.5 Å². The molecule has 1 N–H and O–H groups in total. The summed E-state index contributed by atoms with van der Waals surface area (Å²) in [6.07, 6.45) is 1.59. The number of benzene rings is 2. The van der Waals surface area contributed by atoms with E-state index in [-0.39, 0.29) is 13.1 Å². The summed E-state index contributed by atoms with van der Waals surface area (Å²) in [7, 11) is 0. The van der Waals surface area contributed by atoms with Crippen LogP contribution in [-0.4, -0.2) is 25.2 Å². The highest BCUT2D eigenvalue weighted by Gasteiger charge is 2.21. The monoisotopic (exact) mass is 459 g/mol. The maximum Gasteiger partial charge on any atom is 0.352 e. The molecule has 34 heavy (non-hydrogen) atoms. The zero-order valence-electron chi connectivity index (χ0n) is 18.7. The second-order valence-corrected chi connectivity index (χ2v) is 7.91. The van der Waals surface area contributed by atoms with Crippen molar-refractivity contribution in [3.8, 4) is 5.69 Å². The molecule has 8 nitrogen and oxygen atoms in total. The van der Waals surface area contributed by atoms with Gasteiger partial charge in [0.1, 0.15) is 5.82 Å². The average Bonchev–Trinajstić information content (AvgIpc) is 2.81. The highest BCUT2D eigenvalue weighted by atomic mass is 19.1. The molecule has 2 aromatic heterocycles. The summed E-state index contributed by atoms with van der Waals surface area (Å²) in [6.45, 7) is 3.68. The van der Waals surface area contributed by atoms with Crippen LogP contribution < -0.4 is 16.6 Å². The first-order valence-corrected chi connectivity index (χ1v) is 10.6. The number of aryl methyl sites for hydroxylation is 2. The predicted octanol–water partition coefficient (Wildman–Crippen LogP) is 2.52. The average molecular weight is 459 g/mol. The Bertz CT molecular complexity index is 1440. The number of pyridine rings is 1. The lowest BCUT2D eigenvalue weighted by Crippen LogP contribution is -2.46. The Balaban J connectivity index is 1.81. The fourth-order valence-electron chi connectivity index (χ4n) is 3.57. The Labute approximate surface area is 194 Å². The number of aromatic nitrogens is 4. The Hall–Kier alpha value is -4.40. The van der Waals surface area contributed by atoms with Gasteiger partial charge in [-0.05, 0) is 66.9 Å². The molecule has 2 aromatic carbocycles. The van der Waals surface area contributed by atoms with E-state index in [0.29, 0.717) is 16.9 Å². The van der Waals surface area contributed by atoms with Crippen LogP contribution in [0.3, 0.4) is 0 Å². The first-order chi connectivity index (χ1) is 16.3. The maximum atomic E-state index is 13.3. The molecular formula is C25H22FN5O3. The van der Waals surface area contributed by atoms with Gasteiger partial charge in [0.15, 0.2) is 0 Å². The van der Waals surface area contributed by atoms with Crippen molar-refractivity contribution in [2.24, 2.45) is 0 Å². The van der Waals surface area contributed by atoms with Gasteiger partial charge in [0.2, 0.25) is 5.69 Å². The topological polar surface area (TPSA) is 98.9 Å². The first-order valence-electron chi connectivity index (χ1n) is 10.6. The molecule has 0 saturated heterocycles. The number of nitrogens with one attached hydrogen (secondary N) is 1. The third-order valence-corrected chi connectivity index (χ3v) is 5.14. The van der Waals surface area contributed by atoms with Crippen molar-refractivity contribution in [3.05, 3.63) is 122 Å². The molecule has 1 amide bonds. The highest BCUT2D eigenvalue weighted by molar-refractivity contribution is 5.91. The van der Waals surface area contributed by atoms with Crippen LogP contribution in [0.2, 0.25) is 0 Å². The minimum absolute atomic E-state index is 0.0848. The fraction of sp³-hybridized carbons (Fsp3) is 0.160. The van der Waals surface area contributed by atoms with Crippen LogP contribution in [-0.2, 0) is 13.1 Å². The van der Waals surface area contributed by atoms with Gasteiger partial charge in [-0.15, -0.1) is 0 Å². The summed E-state index contributed by atoms with van der Waals surface area (Å²) in [5, 5.41) is 6.76. The molecular weight excluding hydrogens is 437 g/mol. The largest absolute Gasteiger partial charge is 0.352 e. The van der Waals surface area contributed by atoms with E-state index in [0.717, 1.165) is 20.4 Å². The Morgan fingerprint density at radius 1 is 1.00 bits per heavy atom. The summed E-state index contributed by atoms with van der Waals surface area (Å²) in [5.74, 6) is -1.17. The Morgan fingerprint density at radius 2 is 1.71 bits per heavy atom. The van der Waals surface area contributed by atoms with E-state index in [4.69, 9.17) is 0 Å². The van der Waals surface area contributed by atoms with Crippen molar-refractivity contribution in [1.29, 1.82) is 0 Å². The quantitative estimate of drug-likeness (QED) is 0.478. The van der Waals surface area contributed by atoms with Gasteiger partial charge in [0, 0.05) is 6.20 Å². The van der Waals surface area contributed by atoms with E-state index in [1.165, 1.54) is 24.3 Å². The summed E-state index contributed by atoms with van der Waals surface area (Å²) in [5.41, 5.74) is 1.35. The number of carbonyl (C=O) groups excluding carboxylic acids is 1. The molecule has 0 bridgehead atoms. The molecule has 172 valence electrons. The van der Waals surface area contributed by atoms with Gasteiger partial charge in [-0.3, -0.25) is 19.1 Å². The van der Waals surface area contributed by atoms with E-state index in [1.807, 2.05) is 19.9 Å². The molecule has 0 aliphatic heterocycles. The van der Waals surface area contributed by atoms with Crippen molar-refractivity contribution in [2.45, 2.75) is 26.9 Å². The van der Waals surface area contributed by atoms with Crippen LogP contribution in [0.25, 0.3) is 5.69 Å². The normalized spacial score (nSPS) is 10.8. The van der Waals surface area contributed by atoms with E-state index in [2.05, 4.69) is 15.4 Å². The lowest BCUT2D eigenvalue weighted by atomic mass is 10.1. The van der Waals surface area contributed by atoms with Crippen LogP contribution in [0.15, 0.2) is 76.4 Å². The summed E-state index contributed by atoms with van der Waals surface area (Å²) in [6, 6.07) is 16.1. The number of nitrogens with zero attached hydrogens (tertiary/aromatic N) is 4. The van der Waals surface area contributed by atoms with Crippen molar-refractivity contribution in [2.75, 3.05) is 0 Å². The summed E-state index contributed by atoms with van der Waals surface area (Å²) in [4.78, 5) is 43.5. The third-order valence-electron chi connectivity index (χ3n) is 5.14. The van der Waals surface area contributed by atoms with Gasteiger partial charge < -0.3 is 5.32 Å². The molecule has 2 heterocycles. The Morgan fingerprint density at radius 3 is 2.35 bits per heavy atom. The van der Waals surface area contributed by atoms with Crippen LogP contribution in [0.5, 0.6) is 0 Å². The third kappa shape index (κ3) is 4.98. The lowest BCUT2D eigenvalue weighted by Gasteiger charge is -2.13. The maximum absolute atomic E-state index is 13.3. The predicted molar refractivity (Wildman–Crippen MR) is 124 cm³/mol. The highest BCUT2D eigenvalue weighted by Crippen LogP contribution is 2.11. The number of carbonyl (C=O) groups is 1. The van der Waals surface area contributed by atoms with Gasteiger partial charge in [-0.2, -0.15) is 9.78 Å². The number of hydrogen-bond donors (Lipinski definition) is 1. The second-order valence-electron chi connectivity index (χ2n) is 7.91. The molecule has 0 unspecified atom stereocenters. The van der Waals surface area contributed by atoms with Crippen molar-refractivity contribution in [3.63, 3.8) is 0 Å². The standard InChI is InChI=1S/C25H22FN5O3/c1-16-11-17(2)13-21(12-16)31-25(34)30(15-18-6-8-19(26)9-7-18)24(33)22(29-31)23(32)28-14-20-5-3-4-10-27-20/h3-13H,14-15H2,1-2H3,(H,28,32). The SMILES string of the molecule is Cc1cc(C)cc(-n2nc(C(=O)NCc3ccccn3)c(=O)n(Cc3ccc(F)cc3)c2=O)c1. The fourth-order valence-corrected chi connectivity index (χ4v) is 3.57. The molecule has 0 radical (unpaired) electrons. The molecule has 4 aromatic rings. The van der Waals surface area contributed by atoms with E-state index >= 15 is 0 Å². The lowest BCUT2D eigenvalue weighted by molar-refractivity contribution is 0.0940. The molecule has 4 rings (SSSR count). The molecule has 0 atom stereocenters. The van der Waals surface area contributed by atoms with Gasteiger partial charge in [-0.25, -0.2) is 9.18 Å². The smallest absolute Gasteiger partial charge is 0.345 e. The number of rotatable bonds is 6. The summed E-state index contributed by atoms with van der Waals surface area (Å²) >= 11 is 0. The van der Waals surface area contributed by atoms with Crippen LogP contribution in [0, 0.1) is 19.7 Å². The van der Waals surface area contributed by atoms with Crippen molar-refractivity contribution >= 4 is 5.91 Å². The molecule has 0 spiro atoms. The zero-order valence-corrected chi connectivity index (χ0v) is 18.7. The molecule has 9 heteroatoms.